The van der Waals surface area contributed by atoms with Gasteiger partial charge < -0.3 is 4.90 Å². The van der Waals surface area contributed by atoms with Gasteiger partial charge >= 0.3 is 0 Å². The molecule has 0 aliphatic carbocycles. The molecule has 2 aliphatic heterocycles. The van der Waals surface area contributed by atoms with Crippen LogP contribution < -0.4 is 4.72 Å². The van der Waals surface area contributed by atoms with Gasteiger partial charge in [0.2, 0.25) is 10.0 Å². The summed E-state index contributed by atoms with van der Waals surface area (Å²) in [6.07, 6.45) is 4.33. The van der Waals surface area contributed by atoms with Gasteiger partial charge in [0.1, 0.15) is 4.21 Å². The Morgan fingerprint density at radius 3 is 2.90 bits per heavy atom. The maximum atomic E-state index is 12.4. The third kappa shape index (κ3) is 2.97. The van der Waals surface area contributed by atoms with Gasteiger partial charge in [0, 0.05) is 12.1 Å². The number of aryl methyl sites for hydroxylation is 1. The number of rotatable bonds is 3. The Labute approximate surface area is 132 Å². The molecule has 3 heterocycles. The molecule has 2 saturated heterocycles. The number of halogens is 1. The Morgan fingerprint density at radius 1 is 1.40 bits per heavy atom. The van der Waals surface area contributed by atoms with Crippen molar-refractivity contribution in [3.05, 3.63) is 15.4 Å². The summed E-state index contributed by atoms with van der Waals surface area (Å²) in [5, 5.41) is 0. The summed E-state index contributed by atoms with van der Waals surface area (Å²) in [6.45, 7) is 4.11. The highest BCUT2D eigenvalue weighted by Gasteiger charge is 2.33. The number of hydrogen-bond donors (Lipinski definition) is 1. The van der Waals surface area contributed by atoms with Gasteiger partial charge in [-0.1, -0.05) is 0 Å². The van der Waals surface area contributed by atoms with Crippen LogP contribution in [0.5, 0.6) is 0 Å². The summed E-state index contributed by atoms with van der Waals surface area (Å²) in [7, 11) is -3.37. The predicted octanol–water partition coefficient (Wildman–Crippen LogP) is 2.72. The van der Waals surface area contributed by atoms with Gasteiger partial charge in [0.25, 0.3) is 0 Å². The monoisotopic (exact) mass is 378 g/mol. The van der Waals surface area contributed by atoms with Crippen LogP contribution in [0, 0.1) is 6.92 Å². The van der Waals surface area contributed by atoms with Gasteiger partial charge in [-0.3, -0.25) is 0 Å². The minimum absolute atomic E-state index is 0.0838. The molecular weight excluding hydrogens is 360 g/mol. The molecule has 0 radical (unpaired) electrons. The van der Waals surface area contributed by atoms with Crippen LogP contribution >= 0.6 is 27.3 Å². The van der Waals surface area contributed by atoms with Gasteiger partial charge in [0.15, 0.2) is 0 Å². The zero-order chi connectivity index (χ0) is 14.3. The lowest BCUT2D eigenvalue weighted by Gasteiger charge is -2.34. The Balaban J connectivity index is 1.70. The Morgan fingerprint density at radius 2 is 2.20 bits per heavy atom. The summed E-state index contributed by atoms with van der Waals surface area (Å²) in [5.74, 6) is 0. The molecule has 0 aromatic carbocycles. The molecule has 112 valence electrons. The van der Waals surface area contributed by atoms with Crippen molar-refractivity contribution in [2.75, 3.05) is 13.1 Å². The smallest absolute Gasteiger partial charge is 0.250 e. The molecule has 4 nitrogen and oxygen atoms in total. The van der Waals surface area contributed by atoms with E-state index in [-0.39, 0.29) is 6.04 Å². The van der Waals surface area contributed by atoms with Gasteiger partial charge in [-0.2, -0.15) is 0 Å². The largest absolute Gasteiger partial charge is 0.300 e. The highest BCUT2D eigenvalue weighted by Crippen LogP contribution is 2.32. The first-order valence-corrected chi connectivity index (χ1v) is 10.1. The fourth-order valence-electron chi connectivity index (χ4n) is 3.17. The number of piperidine rings is 1. The lowest BCUT2D eigenvalue weighted by atomic mass is 9.99. The summed E-state index contributed by atoms with van der Waals surface area (Å²) in [6, 6.07) is 2.40. The van der Waals surface area contributed by atoms with Crippen molar-refractivity contribution in [1.82, 2.24) is 9.62 Å². The summed E-state index contributed by atoms with van der Waals surface area (Å²) in [5.41, 5.74) is 0.973. The van der Waals surface area contributed by atoms with E-state index in [1.165, 1.54) is 30.7 Å². The third-order valence-corrected chi connectivity index (χ3v) is 8.37. The SMILES string of the molecule is Cc1cc(S(=O)(=O)NC2CCN3CCCC3C2)sc1Br. The second-order valence-electron chi connectivity index (χ2n) is 5.70. The van der Waals surface area contributed by atoms with Crippen LogP contribution in [-0.4, -0.2) is 38.5 Å². The van der Waals surface area contributed by atoms with E-state index in [2.05, 4.69) is 25.6 Å². The molecule has 2 unspecified atom stereocenters. The van der Waals surface area contributed by atoms with E-state index in [4.69, 9.17) is 0 Å². The normalized spacial score (nSPS) is 27.7. The van der Waals surface area contributed by atoms with Crippen molar-refractivity contribution < 1.29 is 8.42 Å². The van der Waals surface area contributed by atoms with Gasteiger partial charge in [0.05, 0.1) is 3.79 Å². The molecule has 2 atom stereocenters. The Bertz CT molecular complexity index is 580. The molecule has 2 aliphatic rings. The molecule has 1 aromatic rings. The molecule has 0 amide bonds. The quantitative estimate of drug-likeness (QED) is 0.879. The van der Waals surface area contributed by atoms with E-state index in [9.17, 15) is 8.42 Å². The van der Waals surface area contributed by atoms with E-state index in [0.29, 0.717) is 10.3 Å². The number of sulfonamides is 1. The Kier molecular flexibility index (Phi) is 4.25. The van der Waals surface area contributed by atoms with Crippen LogP contribution in [0.25, 0.3) is 0 Å². The highest BCUT2D eigenvalue weighted by molar-refractivity contribution is 9.11. The summed E-state index contributed by atoms with van der Waals surface area (Å²) < 4.78 is 29.1. The van der Waals surface area contributed by atoms with Gasteiger partial charge in [-0.05, 0) is 73.3 Å². The minimum atomic E-state index is -3.37. The maximum absolute atomic E-state index is 12.4. The molecule has 0 bridgehead atoms. The molecule has 7 heteroatoms. The minimum Gasteiger partial charge on any atom is -0.300 e. The first kappa shape index (κ1) is 15.0. The zero-order valence-corrected chi connectivity index (χ0v) is 14.7. The zero-order valence-electron chi connectivity index (χ0n) is 11.4. The lowest BCUT2D eigenvalue weighted by Crippen LogP contribution is -2.47. The number of nitrogens with one attached hydrogen (secondary N) is 1. The maximum Gasteiger partial charge on any atom is 0.250 e. The van der Waals surface area contributed by atoms with Crippen LogP contribution in [0.15, 0.2) is 14.1 Å². The van der Waals surface area contributed by atoms with Crippen LogP contribution in [0.2, 0.25) is 0 Å². The molecular formula is C13H19BrN2O2S2. The van der Waals surface area contributed by atoms with E-state index in [1.54, 1.807) is 6.07 Å². The highest BCUT2D eigenvalue weighted by atomic mass is 79.9. The predicted molar refractivity (Wildman–Crippen MR) is 84.7 cm³/mol. The van der Waals surface area contributed by atoms with Gasteiger partial charge in [-0.15, -0.1) is 11.3 Å². The van der Waals surface area contributed by atoms with E-state index in [1.807, 2.05) is 6.92 Å². The fraction of sp³-hybridized carbons (Fsp3) is 0.692. The number of fused-ring (bicyclic) bond motifs is 1. The molecule has 2 fully saturated rings. The van der Waals surface area contributed by atoms with Crippen molar-refractivity contribution >= 4 is 37.3 Å². The van der Waals surface area contributed by atoms with Crippen molar-refractivity contribution in [2.24, 2.45) is 0 Å². The van der Waals surface area contributed by atoms with Crippen LogP contribution in [-0.2, 0) is 10.0 Å². The van der Waals surface area contributed by atoms with Crippen molar-refractivity contribution in [3.8, 4) is 0 Å². The second kappa shape index (κ2) is 5.68. The van der Waals surface area contributed by atoms with E-state index in [0.717, 1.165) is 28.7 Å². The van der Waals surface area contributed by atoms with E-state index >= 15 is 0 Å². The van der Waals surface area contributed by atoms with Crippen molar-refractivity contribution in [2.45, 2.75) is 48.9 Å². The molecule has 20 heavy (non-hydrogen) atoms. The molecule has 3 rings (SSSR count). The topological polar surface area (TPSA) is 49.4 Å². The standard InChI is InChI=1S/C13H19BrN2O2S2/c1-9-7-12(19-13(9)14)20(17,18)15-10-4-6-16-5-2-3-11(16)8-10/h7,10-11,15H,2-6,8H2,1H3. The number of hydrogen-bond acceptors (Lipinski definition) is 4. The molecule has 1 aromatic heterocycles. The first-order chi connectivity index (χ1) is 9.45. The second-order valence-corrected chi connectivity index (χ2v) is 10.0. The van der Waals surface area contributed by atoms with Crippen molar-refractivity contribution in [3.63, 3.8) is 0 Å². The van der Waals surface area contributed by atoms with E-state index < -0.39 is 10.0 Å². The number of thiophene rings is 1. The van der Waals surface area contributed by atoms with Gasteiger partial charge in [-0.25, -0.2) is 13.1 Å². The summed E-state index contributed by atoms with van der Waals surface area (Å²) >= 11 is 4.68. The van der Waals surface area contributed by atoms with Crippen LogP contribution in [0.4, 0.5) is 0 Å². The first-order valence-electron chi connectivity index (χ1n) is 6.98. The third-order valence-electron chi connectivity index (χ3n) is 4.24. The summed E-state index contributed by atoms with van der Waals surface area (Å²) in [4.78, 5) is 2.50. The molecule has 0 spiro atoms. The van der Waals surface area contributed by atoms with Crippen LogP contribution in [0.3, 0.4) is 0 Å². The van der Waals surface area contributed by atoms with Crippen LogP contribution in [0.1, 0.15) is 31.2 Å². The Hall–Kier alpha value is 0.0500. The van der Waals surface area contributed by atoms with Crippen molar-refractivity contribution in [1.29, 1.82) is 0 Å². The lowest BCUT2D eigenvalue weighted by molar-refractivity contribution is 0.176. The molecule has 0 saturated carbocycles. The fourth-order valence-corrected chi connectivity index (χ4v) is 6.70. The molecule has 1 N–H and O–H groups in total. The average molecular weight is 379 g/mol. The average Bonchev–Trinajstić information content (AvgIpc) is 2.96. The number of nitrogens with zero attached hydrogens (tertiary/aromatic N) is 1.